The predicted octanol–water partition coefficient (Wildman–Crippen LogP) is 2.23. The minimum atomic E-state index is -0.283. The van der Waals surface area contributed by atoms with Gasteiger partial charge < -0.3 is 15.5 Å². The highest BCUT2D eigenvalue weighted by Crippen LogP contribution is 2.08. The van der Waals surface area contributed by atoms with Gasteiger partial charge in [0.1, 0.15) is 5.76 Å². The second kappa shape index (κ2) is 6.59. The van der Waals surface area contributed by atoms with Crippen molar-refractivity contribution in [3.05, 3.63) is 24.2 Å². The summed E-state index contributed by atoms with van der Waals surface area (Å²) >= 11 is 0. The topological polar surface area (TPSA) is 68.3 Å². The molecule has 0 saturated heterocycles. The first-order chi connectivity index (χ1) is 8.37. The van der Waals surface area contributed by atoms with Crippen LogP contribution in [0.1, 0.15) is 45.8 Å². The van der Waals surface area contributed by atoms with E-state index in [-0.39, 0.29) is 17.5 Å². The number of furan rings is 1. The molecule has 1 rings (SSSR count). The first kappa shape index (κ1) is 14.8. The fraction of sp³-hybridized carbons (Fsp3) is 0.643. The van der Waals surface area contributed by atoms with Crippen LogP contribution in [0.4, 0.5) is 0 Å². The number of rotatable bonds is 7. The Morgan fingerprint density at radius 1 is 1.56 bits per heavy atom. The second-order valence-corrected chi connectivity index (χ2v) is 5.58. The third-order valence-corrected chi connectivity index (χ3v) is 2.81. The van der Waals surface area contributed by atoms with Gasteiger partial charge in [0.05, 0.1) is 6.26 Å². The fourth-order valence-corrected chi connectivity index (χ4v) is 1.67. The van der Waals surface area contributed by atoms with Gasteiger partial charge in [0, 0.05) is 24.4 Å². The molecule has 0 aliphatic carbocycles. The number of nitrogens with one attached hydrogen (secondary N) is 1. The zero-order chi connectivity index (χ0) is 13.6. The monoisotopic (exact) mass is 252 g/mol. The third kappa shape index (κ3) is 6.45. The lowest BCUT2D eigenvalue weighted by molar-refractivity contribution is -0.122. The molecule has 0 fully saturated rings. The second-order valence-electron chi connectivity index (χ2n) is 5.58. The summed E-state index contributed by atoms with van der Waals surface area (Å²) in [5, 5.41) is 2.98. The van der Waals surface area contributed by atoms with Crippen LogP contribution in [0.2, 0.25) is 0 Å². The summed E-state index contributed by atoms with van der Waals surface area (Å²) in [7, 11) is 0. The SMILES string of the molecule is CC(CCc1ccco1)NC(=O)CCC(C)(C)N. The average Bonchev–Trinajstić information content (AvgIpc) is 2.75. The molecule has 0 aliphatic rings. The van der Waals surface area contributed by atoms with Gasteiger partial charge in [-0.05, 0) is 45.7 Å². The molecule has 4 nitrogen and oxygen atoms in total. The van der Waals surface area contributed by atoms with Gasteiger partial charge in [0.2, 0.25) is 5.91 Å². The lowest BCUT2D eigenvalue weighted by Crippen LogP contribution is -2.37. The third-order valence-electron chi connectivity index (χ3n) is 2.81. The lowest BCUT2D eigenvalue weighted by Gasteiger charge is -2.19. The largest absolute Gasteiger partial charge is 0.469 e. The Bertz CT molecular complexity index is 352. The van der Waals surface area contributed by atoms with E-state index in [0.29, 0.717) is 12.8 Å². The summed E-state index contributed by atoms with van der Waals surface area (Å²) in [5.74, 6) is 1.03. The molecular weight excluding hydrogens is 228 g/mol. The van der Waals surface area contributed by atoms with Gasteiger partial charge in [-0.15, -0.1) is 0 Å². The van der Waals surface area contributed by atoms with Crippen LogP contribution in [-0.2, 0) is 11.2 Å². The first-order valence-electron chi connectivity index (χ1n) is 6.47. The summed E-state index contributed by atoms with van der Waals surface area (Å²) in [4.78, 5) is 11.7. The van der Waals surface area contributed by atoms with Crippen molar-refractivity contribution in [2.45, 2.75) is 58.0 Å². The first-order valence-corrected chi connectivity index (χ1v) is 6.47. The molecule has 0 bridgehead atoms. The van der Waals surface area contributed by atoms with Crippen molar-refractivity contribution in [3.63, 3.8) is 0 Å². The maximum Gasteiger partial charge on any atom is 0.220 e. The van der Waals surface area contributed by atoms with Crippen LogP contribution in [0.5, 0.6) is 0 Å². The molecule has 0 saturated carbocycles. The number of carbonyl (C=O) groups excluding carboxylic acids is 1. The molecule has 0 aromatic carbocycles. The Morgan fingerprint density at radius 2 is 2.28 bits per heavy atom. The van der Waals surface area contributed by atoms with E-state index in [0.717, 1.165) is 18.6 Å². The van der Waals surface area contributed by atoms with Crippen molar-refractivity contribution < 1.29 is 9.21 Å². The van der Waals surface area contributed by atoms with Gasteiger partial charge in [-0.25, -0.2) is 0 Å². The van der Waals surface area contributed by atoms with Crippen molar-refractivity contribution in [1.29, 1.82) is 0 Å². The van der Waals surface area contributed by atoms with Crippen molar-refractivity contribution in [2.24, 2.45) is 5.73 Å². The van der Waals surface area contributed by atoms with Gasteiger partial charge in [-0.2, -0.15) is 0 Å². The van der Waals surface area contributed by atoms with E-state index in [1.807, 2.05) is 32.9 Å². The maximum absolute atomic E-state index is 11.7. The van der Waals surface area contributed by atoms with Gasteiger partial charge >= 0.3 is 0 Å². The maximum atomic E-state index is 11.7. The molecule has 1 heterocycles. The normalized spacial score (nSPS) is 13.3. The molecule has 102 valence electrons. The van der Waals surface area contributed by atoms with Crippen LogP contribution < -0.4 is 11.1 Å². The molecule has 1 amide bonds. The number of aryl methyl sites for hydroxylation is 1. The Balaban J connectivity index is 2.19. The zero-order valence-corrected chi connectivity index (χ0v) is 11.5. The van der Waals surface area contributed by atoms with Gasteiger partial charge in [-0.3, -0.25) is 4.79 Å². The molecule has 1 atom stereocenters. The molecule has 1 aromatic heterocycles. The zero-order valence-electron chi connectivity index (χ0n) is 11.5. The van der Waals surface area contributed by atoms with E-state index in [2.05, 4.69) is 5.32 Å². The van der Waals surface area contributed by atoms with E-state index in [1.54, 1.807) is 6.26 Å². The van der Waals surface area contributed by atoms with Gasteiger partial charge in [0.15, 0.2) is 0 Å². The van der Waals surface area contributed by atoms with Crippen LogP contribution in [0.3, 0.4) is 0 Å². The fourth-order valence-electron chi connectivity index (χ4n) is 1.67. The number of nitrogens with two attached hydrogens (primary N) is 1. The Morgan fingerprint density at radius 3 is 2.83 bits per heavy atom. The molecule has 18 heavy (non-hydrogen) atoms. The Hall–Kier alpha value is -1.29. The van der Waals surface area contributed by atoms with Crippen molar-refractivity contribution in [3.8, 4) is 0 Å². The Labute approximate surface area is 109 Å². The molecular formula is C14H24N2O2. The molecule has 0 radical (unpaired) electrons. The van der Waals surface area contributed by atoms with E-state index < -0.39 is 0 Å². The number of hydrogen-bond donors (Lipinski definition) is 2. The van der Waals surface area contributed by atoms with E-state index in [9.17, 15) is 4.79 Å². The molecule has 0 spiro atoms. The highest BCUT2D eigenvalue weighted by molar-refractivity contribution is 5.76. The van der Waals surface area contributed by atoms with Crippen molar-refractivity contribution in [1.82, 2.24) is 5.32 Å². The van der Waals surface area contributed by atoms with Crippen molar-refractivity contribution >= 4 is 5.91 Å². The quantitative estimate of drug-likeness (QED) is 0.782. The van der Waals surface area contributed by atoms with Crippen LogP contribution >= 0.6 is 0 Å². The molecule has 1 unspecified atom stereocenters. The minimum Gasteiger partial charge on any atom is -0.469 e. The van der Waals surface area contributed by atoms with Crippen molar-refractivity contribution in [2.75, 3.05) is 0 Å². The smallest absolute Gasteiger partial charge is 0.220 e. The summed E-state index contributed by atoms with van der Waals surface area (Å²) in [6.45, 7) is 5.87. The summed E-state index contributed by atoms with van der Waals surface area (Å²) < 4.78 is 5.25. The summed E-state index contributed by atoms with van der Waals surface area (Å²) in [5.41, 5.74) is 5.56. The van der Waals surface area contributed by atoms with Gasteiger partial charge in [0.25, 0.3) is 0 Å². The van der Waals surface area contributed by atoms with E-state index in [1.165, 1.54) is 0 Å². The van der Waals surface area contributed by atoms with E-state index in [4.69, 9.17) is 10.2 Å². The minimum absolute atomic E-state index is 0.0699. The lowest BCUT2D eigenvalue weighted by atomic mass is 10.00. The molecule has 4 heteroatoms. The highest BCUT2D eigenvalue weighted by Gasteiger charge is 2.14. The summed E-state index contributed by atoms with van der Waals surface area (Å²) in [6.07, 6.45) is 4.57. The molecule has 3 N–H and O–H groups in total. The number of amides is 1. The van der Waals surface area contributed by atoms with Crippen LogP contribution in [0.15, 0.2) is 22.8 Å². The standard InChI is InChI=1S/C14H24N2O2/c1-11(6-7-12-5-4-10-18-12)16-13(17)8-9-14(2,3)15/h4-5,10-11H,6-9,15H2,1-3H3,(H,16,17). The highest BCUT2D eigenvalue weighted by atomic mass is 16.3. The summed E-state index contributed by atoms with van der Waals surface area (Å²) in [6, 6.07) is 3.98. The average molecular weight is 252 g/mol. The van der Waals surface area contributed by atoms with Crippen LogP contribution in [0.25, 0.3) is 0 Å². The Kier molecular flexibility index (Phi) is 5.41. The van der Waals surface area contributed by atoms with Gasteiger partial charge in [-0.1, -0.05) is 0 Å². The van der Waals surface area contributed by atoms with E-state index >= 15 is 0 Å². The van der Waals surface area contributed by atoms with Crippen LogP contribution in [-0.4, -0.2) is 17.5 Å². The van der Waals surface area contributed by atoms with Crippen LogP contribution in [0, 0.1) is 0 Å². The molecule has 1 aromatic rings. The molecule has 0 aliphatic heterocycles. The predicted molar refractivity (Wildman–Crippen MR) is 72.1 cm³/mol. The number of carbonyl (C=O) groups is 1. The number of hydrogen-bond acceptors (Lipinski definition) is 3.